The zero-order valence-electron chi connectivity index (χ0n) is 18.1. The highest BCUT2D eigenvalue weighted by Crippen LogP contribution is 2.25. The van der Waals surface area contributed by atoms with Crippen LogP contribution >= 0.6 is 0 Å². The van der Waals surface area contributed by atoms with Crippen LogP contribution in [0.2, 0.25) is 0 Å². The molecule has 0 atom stereocenters. The number of hydrogen-bond donors (Lipinski definition) is 1. The molecule has 1 amide bonds. The van der Waals surface area contributed by atoms with E-state index in [1.165, 1.54) is 0 Å². The van der Waals surface area contributed by atoms with Crippen LogP contribution in [-0.4, -0.2) is 24.2 Å². The number of methoxy groups -OCH3 is 1. The number of nitriles is 1. The van der Waals surface area contributed by atoms with Gasteiger partial charge in [0.2, 0.25) is 0 Å². The summed E-state index contributed by atoms with van der Waals surface area (Å²) in [5.41, 5.74) is 4.36. The molecule has 31 heavy (non-hydrogen) atoms. The molecule has 158 valence electrons. The molecule has 6 heteroatoms. The fourth-order valence-electron chi connectivity index (χ4n) is 3.37. The Bertz CT molecular complexity index is 1130. The van der Waals surface area contributed by atoms with Crippen molar-refractivity contribution in [1.82, 2.24) is 4.57 Å². The summed E-state index contributed by atoms with van der Waals surface area (Å²) < 4.78 is 12.7. The Kier molecular flexibility index (Phi) is 6.78. The Morgan fingerprint density at radius 1 is 1.10 bits per heavy atom. The van der Waals surface area contributed by atoms with Gasteiger partial charge in [-0.05, 0) is 87.0 Å². The van der Waals surface area contributed by atoms with Gasteiger partial charge >= 0.3 is 0 Å². The molecule has 0 fully saturated rings. The van der Waals surface area contributed by atoms with Crippen molar-refractivity contribution in [2.75, 3.05) is 19.0 Å². The number of anilines is 1. The number of ether oxygens (including phenoxy) is 2. The average Bonchev–Trinajstić information content (AvgIpc) is 3.06. The molecule has 1 heterocycles. The lowest BCUT2D eigenvalue weighted by Gasteiger charge is -2.11. The second kappa shape index (κ2) is 9.68. The fourth-order valence-corrected chi connectivity index (χ4v) is 3.37. The van der Waals surface area contributed by atoms with E-state index in [9.17, 15) is 10.1 Å². The molecular weight excluding hydrogens is 390 g/mol. The van der Waals surface area contributed by atoms with E-state index in [4.69, 9.17) is 9.47 Å². The Labute approximate surface area is 182 Å². The topological polar surface area (TPSA) is 76.3 Å². The van der Waals surface area contributed by atoms with Gasteiger partial charge in [0.05, 0.1) is 13.7 Å². The molecule has 0 aliphatic heterocycles. The second-order valence-electron chi connectivity index (χ2n) is 6.94. The number of nitrogens with zero attached hydrogens (tertiary/aromatic N) is 2. The Balaban J connectivity index is 1.86. The molecule has 0 unspecified atom stereocenters. The van der Waals surface area contributed by atoms with Gasteiger partial charge in [-0.25, -0.2) is 0 Å². The number of nitrogens with one attached hydrogen (secondary N) is 1. The molecule has 0 aliphatic carbocycles. The Hall–Kier alpha value is -3.98. The molecule has 0 aliphatic rings. The maximum atomic E-state index is 12.6. The lowest BCUT2D eigenvalue weighted by Crippen LogP contribution is -2.13. The Morgan fingerprint density at radius 3 is 2.32 bits per heavy atom. The first-order valence-corrected chi connectivity index (χ1v) is 9.96. The van der Waals surface area contributed by atoms with Gasteiger partial charge < -0.3 is 19.4 Å². The lowest BCUT2D eigenvalue weighted by atomic mass is 10.1. The van der Waals surface area contributed by atoms with Crippen LogP contribution in [0.25, 0.3) is 11.8 Å². The standard InChI is InChI=1S/C25H25N3O3/c1-5-31-24-12-8-22(9-13-24)28-17(2)14-19(18(28)3)15-20(16-26)25(29)27-21-6-10-23(30-4)11-7-21/h6-15H,5H2,1-4H3,(H,27,29)/b20-15-. The van der Waals surface area contributed by atoms with E-state index in [-0.39, 0.29) is 5.57 Å². The SMILES string of the molecule is CCOc1ccc(-n2c(C)cc(/C=C(/C#N)C(=O)Nc3ccc(OC)cc3)c2C)cc1. The van der Waals surface area contributed by atoms with Crippen LogP contribution < -0.4 is 14.8 Å². The number of aryl methyl sites for hydroxylation is 1. The van der Waals surface area contributed by atoms with Gasteiger partial charge in [0.15, 0.2) is 0 Å². The highest BCUT2D eigenvalue weighted by molar-refractivity contribution is 6.09. The second-order valence-corrected chi connectivity index (χ2v) is 6.94. The number of rotatable bonds is 7. The van der Waals surface area contributed by atoms with Gasteiger partial charge in [-0.1, -0.05) is 0 Å². The number of carbonyl (C=O) groups is 1. The van der Waals surface area contributed by atoms with Crippen LogP contribution in [0.1, 0.15) is 23.9 Å². The predicted octanol–water partition coefficient (Wildman–Crippen LogP) is 5.05. The van der Waals surface area contributed by atoms with E-state index in [2.05, 4.69) is 9.88 Å². The molecule has 0 radical (unpaired) electrons. The molecule has 1 N–H and O–H groups in total. The van der Waals surface area contributed by atoms with Crippen molar-refractivity contribution in [3.05, 3.63) is 77.1 Å². The highest BCUT2D eigenvalue weighted by Gasteiger charge is 2.14. The van der Waals surface area contributed by atoms with Crippen LogP contribution in [0, 0.1) is 25.2 Å². The molecule has 0 spiro atoms. The quantitative estimate of drug-likeness (QED) is 0.433. The predicted molar refractivity (Wildman–Crippen MR) is 122 cm³/mol. The van der Waals surface area contributed by atoms with Crippen molar-refractivity contribution in [1.29, 1.82) is 5.26 Å². The van der Waals surface area contributed by atoms with Crippen molar-refractivity contribution in [3.63, 3.8) is 0 Å². The first-order valence-electron chi connectivity index (χ1n) is 9.96. The van der Waals surface area contributed by atoms with Gasteiger partial charge in [-0.3, -0.25) is 4.79 Å². The van der Waals surface area contributed by atoms with E-state index in [0.717, 1.165) is 28.4 Å². The van der Waals surface area contributed by atoms with Crippen molar-refractivity contribution in [2.45, 2.75) is 20.8 Å². The minimum Gasteiger partial charge on any atom is -0.497 e. The number of amides is 1. The zero-order chi connectivity index (χ0) is 22.4. The minimum absolute atomic E-state index is 0.0303. The number of benzene rings is 2. The first kappa shape index (κ1) is 21.7. The van der Waals surface area contributed by atoms with Crippen LogP contribution in [0.5, 0.6) is 11.5 Å². The lowest BCUT2D eigenvalue weighted by molar-refractivity contribution is -0.112. The molecular formula is C25H25N3O3. The summed E-state index contributed by atoms with van der Waals surface area (Å²) in [5, 5.41) is 12.3. The van der Waals surface area contributed by atoms with Crippen molar-refractivity contribution < 1.29 is 14.3 Å². The summed E-state index contributed by atoms with van der Waals surface area (Å²) >= 11 is 0. The molecule has 0 saturated heterocycles. The van der Waals surface area contributed by atoms with Gasteiger partial charge in [0.25, 0.3) is 5.91 Å². The maximum Gasteiger partial charge on any atom is 0.266 e. The molecule has 3 rings (SSSR count). The molecule has 0 bridgehead atoms. The minimum atomic E-state index is -0.460. The average molecular weight is 415 g/mol. The summed E-state index contributed by atoms with van der Waals surface area (Å²) in [6, 6.07) is 18.7. The van der Waals surface area contributed by atoms with E-state index < -0.39 is 5.91 Å². The maximum absolute atomic E-state index is 12.6. The fraction of sp³-hybridized carbons (Fsp3) is 0.200. The van der Waals surface area contributed by atoms with Gasteiger partial charge in [-0.15, -0.1) is 0 Å². The third-order valence-corrected chi connectivity index (χ3v) is 4.89. The summed E-state index contributed by atoms with van der Waals surface area (Å²) in [4.78, 5) is 12.6. The largest absolute Gasteiger partial charge is 0.497 e. The highest BCUT2D eigenvalue weighted by atomic mass is 16.5. The van der Waals surface area contributed by atoms with Crippen molar-refractivity contribution in [3.8, 4) is 23.3 Å². The van der Waals surface area contributed by atoms with Gasteiger partial charge in [0, 0.05) is 22.8 Å². The molecule has 2 aromatic carbocycles. The first-order chi connectivity index (χ1) is 15.0. The zero-order valence-corrected chi connectivity index (χ0v) is 18.1. The molecule has 0 saturated carbocycles. The van der Waals surface area contributed by atoms with E-state index in [1.807, 2.05) is 57.2 Å². The van der Waals surface area contributed by atoms with Crippen molar-refractivity contribution >= 4 is 17.7 Å². The monoisotopic (exact) mass is 415 g/mol. The third kappa shape index (κ3) is 4.96. The van der Waals surface area contributed by atoms with Crippen LogP contribution in [0.3, 0.4) is 0 Å². The number of hydrogen-bond acceptors (Lipinski definition) is 4. The van der Waals surface area contributed by atoms with Crippen molar-refractivity contribution in [2.24, 2.45) is 0 Å². The third-order valence-electron chi connectivity index (χ3n) is 4.89. The summed E-state index contributed by atoms with van der Waals surface area (Å²) in [5.74, 6) is 1.05. The normalized spacial score (nSPS) is 11.0. The van der Waals surface area contributed by atoms with E-state index in [1.54, 1.807) is 37.5 Å². The van der Waals surface area contributed by atoms with Crippen LogP contribution in [-0.2, 0) is 4.79 Å². The summed E-state index contributed by atoms with van der Waals surface area (Å²) in [7, 11) is 1.58. The van der Waals surface area contributed by atoms with Gasteiger partial charge in [-0.2, -0.15) is 5.26 Å². The van der Waals surface area contributed by atoms with Gasteiger partial charge in [0.1, 0.15) is 23.1 Å². The van der Waals surface area contributed by atoms with E-state index >= 15 is 0 Å². The number of carbonyl (C=O) groups excluding carboxylic acids is 1. The Morgan fingerprint density at radius 2 is 1.74 bits per heavy atom. The molecule has 1 aromatic heterocycles. The molecule has 6 nitrogen and oxygen atoms in total. The van der Waals surface area contributed by atoms with Crippen LogP contribution in [0.4, 0.5) is 5.69 Å². The van der Waals surface area contributed by atoms with Crippen LogP contribution in [0.15, 0.2) is 60.2 Å². The summed E-state index contributed by atoms with van der Waals surface area (Å²) in [6.07, 6.45) is 1.62. The van der Waals surface area contributed by atoms with E-state index in [0.29, 0.717) is 18.0 Å². The summed E-state index contributed by atoms with van der Waals surface area (Å²) in [6.45, 7) is 6.52. The molecule has 3 aromatic rings. The number of aromatic nitrogens is 1. The smallest absolute Gasteiger partial charge is 0.266 e.